The summed E-state index contributed by atoms with van der Waals surface area (Å²) in [6.45, 7) is 4.31. The van der Waals surface area contributed by atoms with E-state index >= 15 is 0 Å². The zero-order chi connectivity index (χ0) is 14.7. The normalized spacial score (nSPS) is 12.2. The van der Waals surface area contributed by atoms with Gasteiger partial charge in [-0.25, -0.2) is 4.39 Å². The molecular weight excluding hydrogens is 321 g/mol. The maximum absolute atomic E-state index is 13.2. The van der Waals surface area contributed by atoms with E-state index in [9.17, 15) is 4.39 Å². The molecule has 0 spiro atoms. The average molecular weight is 338 g/mol. The van der Waals surface area contributed by atoms with Gasteiger partial charge in [-0.15, -0.1) is 0 Å². The van der Waals surface area contributed by atoms with E-state index in [-0.39, 0.29) is 11.9 Å². The summed E-state index contributed by atoms with van der Waals surface area (Å²) >= 11 is 3.17. The van der Waals surface area contributed by atoms with Gasteiger partial charge < -0.3 is 10.5 Å². The Balaban J connectivity index is 2.17. The number of aryl methyl sites for hydroxylation is 1. The molecular formula is C16H17BrFNO. The molecule has 0 unspecified atom stereocenters. The first-order valence-corrected chi connectivity index (χ1v) is 7.19. The Kier molecular flexibility index (Phi) is 4.78. The first kappa shape index (κ1) is 15.0. The number of rotatable bonds is 4. The van der Waals surface area contributed by atoms with E-state index in [1.165, 1.54) is 6.07 Å². The van der Waals surface area contributed by atoms with Crippen molar-refractivity contribution in [1.29, 1.82) is 0 Å². The lowest BCUT2D eigenvalue weighted by molar-refractivity contribution is 0.301. The molecule has 2 N–H and O–H groups in total. The van der Waals surface area contributed by atoms with Gasteiger partial charge in [0.15, 0.2) is 0 Å². The monoisotopic (exact) mass is 337 g/mol. The Bertz CT molecular complexity index is 613. The number of ether oxygens (including phenoxy) is 1. The van der Waals surface area contributed by atoms with Crippen molar-refractivity contribution in [3.8, 4) is 5.75 Å². The molecule has 4 heteroatoms. The van der Waals surface area contributed by atoms with Gasteiger partial charge in [0.25, 0.3) is 0 Å². The van der Waals surface area contributed by atoms with Gasteiger partial charge in [0, 0.05) is 11.6 Å². The number of nitrogens with two attached hydrogens (primary N) is 1. The summed E-state index contributed by atoms with van der Waals surface area (Å²) in [5, 5.41) is 0. The van der Waals surface area contributed by atoms with Crippen LogP contribution in [0, 0.1) is 12.7 Å². The fraction of sp³-hybridized carbons (Fsp3) is 0.250. The van der Waals surface area contributed by atoms with Crippen LogP contribution >= 0.6 is 15.9 Å². The Hall–Kier alpha value is -1.39. The first-order chi connectivity index (χ1) is 9.47. The quantitative estimate of drug-likeness (QED) is 0.891. The Morgan fingerprint density at radius 1 is 1.25 bits per heavy atom. The maximum atomic E-state index is 13.2. The van der Waals surface area contributed by atoms with Gasteiger partial charge in [0.1, 0.15) is 18.2 Å². The van der Waals surface area contributed by atoms with Gasteiger partial charge >= 0.3 is 0 Å². The van der Waals surface area contributed by atoms with Crippen molar-refractivity contribution in [2.24, 2.45) is 5.73 Å². The van der Waals surface area contributed by atoms with E-state index in [2.05, 4.69) is 15.9 Å². The van der Waals surface area contributed by atoms with Crippen molar-refractivity contribution >= 4 is 15.9 Å². The summed E-state index contributed by atoms with van der Waals surface area (Å²) in [6.07, 6.45) is 0. The third-order valence-corrected chi connectivity index (χ3v) is 3.65. The average Bonchev–Trinajstić information content (AvgIpc) is 2.40. The highest BCUT2D eigenvalue weighted by molar-refractivity contribution is 9.10. The van der Waals surface area contributed by atoms with Gasteiger partial charge in [-0.3, -0.25) is 0 Å². The molecule has 106 valence electrons. The molecule has 0 radical (unpaired) electrons. The molecule has 0 aliphatic rings. The van der Waals surface area contributed by atoms with Crippen molar-refractivity contribution < 1.29 is 9.13 Å². The van der Waals surface area contributed by atoms with Gasteiger partial charge in [0.2, 0.25) is 0 Å². The van der Waals surface area contributed by atoms with E-state index in [1.54, 1.807) is 12.1 Å². The third-order valence-electron chi connectivity index (χ3n) is 3.04. The molecule has 0 aliphatic carbocycles. The Morgan fingerprint density at radius 3 is 2.65 bits per heavy atom. The zero-order valence-corrected chi connectivity index (χ0v) is 13.1. The SMILES string of the molecule is Cc1ccc([C@H](C)N)c(OCc2ccc(F)c(Br)c2)c1. The summed E-state index contributed by atoms with van der Waals surface area (Å²) in [5.41, 5.74) is 8.92. The second-order valence-electron chi connectivity index (χ2n) is 4.87. The lowest BCUT2D eigenvalue weighted by Crippen LogP contribution is -2.08. The fourth-order valence-electron chi connectivity index (χ4n) is 1.93. The lowest BCUT2D eigenvalue weighted by Gasteiger charge is -2.15. The molecule has 0 bridgehead atoms. The second kappa shape index (κ2) is 6.37. The van der Waals surface area contributed by atoms with E-state index in [0.717, 1.165) is 22.4 Å². The van der Waals surface area contributed by atoms with E-state index < -0.39 is 0 Å². The summed E-state index contributed by atoms with van der Waals surface area (Å²) in [4.78, 5) is 0. The molecule has 0 saturated heterocycles. The Morgan fingerprint density at radius 2 is 2.00 bits per heavy atom. The molecule has 0 aromatic heterocycles. The van der Waals surface area contributed by atoms with Crippen molar-refractivity contribution in [3.63, 3.8) is 0 Å². The van der Waals surface area contributed by atoms with Crippen LogP contribution in [0.5, 0.6) is 5.75 Å². The summed E-state index contributed by atoms with van der Waals surface area (Å²) in [6, 6.07) is 10.7. The number of benzene rings is 2. The van der Waals surface area contributed by atoms with Gasteiger partial charge in [-0.1, -0.05) is 18.2 Å². The van der Waals surface area contributed by atoms with Gasteiger partial charge in [-0.05, 0) is 59.1 Å². The minimum atomic E-state index is -0.277. The van der Waals surface area contributed by atoms with Crippen molar-refractivity contribution in [3.05, 3.63) is 63.4 Å². The van der Waals surface area contributed by atoms with E-state index in [0.29, 0.717) is 11.1 Å². The maximum Gasteiger partial charge on any atom is 0.137 e. The molecule has 2 aromatic carbocycles. The predicted molar refractivity (Wildman–Crippen MR) is 82.2 cm³/mol. The highest BCUT2D eigenvalue weighted by Crippen LogP contribution is 2.26. The summed E-state index contributed by atoms with van der Waals surface area (Å²) in [5.74, 6) is 0.501. The van der Waals surface area contributed by atoms with Crippen LogP contribution < -0.4 is 10.5 Å². The number of halogens is 2. The van der Waals surface area contributed by atoms with Crippen molar-refractivity contribution in [2.45, 2.75) is 26.5 Å². The van der Waals surface area contributed by atoms with E-state index in [1.807, 2.05) is 32.0 Å². The predicted octanol–water partition coefficient (Wildman–Crippen LogP) is 4.50. The topological polar surface area (TPSA) is 35.2 Å². The highest BCUT2D eigenvalue weighted by atomic mass is 79.9. The zero-order valence-electron chi connectivity index (χ0n) is 11.5. The minimum absolute atomic E-state index is 0.0921. The standard InChI is InChI=1S/C16H17BrFNO/c1-10-3-5-13(11(2)19)16(7-10)20-9-12-4-6-15(18)14(17)8-12/h3-8,11H,9,19H2,1-2H3/t11-/m0/s1. The minimum Gasteiger partial charge on any atom is -0.489 e. The van der Waals surface area contributed by atoms with Crippen LogP contribution in [0.25, 0.3) is 0 Å². The van der Waals surface area contributed by atoms with Crippen LogP contribution in [0.3, 0.4) is 0 Å². The molecule has 20 heavy (non-hydrogen) atoms. The second-order valence-corrected chi connectivity index (χ2v) is 5.72. The lowest BCUT2D eigenvalue weighted by atomic mass is 10.1. The summed E-state index contributed by atoms with van der Waals surface area (Å²) in [7, 11) is 0. The number of hydrogen-bond acceptors (Lipinski definition) is 2. The van der Waals surface area contributed by atoms with Crippen LogP contribution in [-0.4, -0.2) is 0 Å². The molecule has 0 saturated carbocycles. The molecule has 0 amide bonds. The van der Waals surface area contributed by atoms with Crippen LogP contribution in [0.4, 0.5) is 4.39 Å². The van der Waals surface area contributed by atoms with Gasteiger partial charge in [-0.2, -0.15) is 0 Å². The van der Waals surface area contributed by atoms with Crippen LogP contribution in [-0.2, 0) is 6.61 Å². The Labute approximate surface area is 126 Å². The van der Waals surface area contributed by atoms with Crippen molar-refractivity contribution in [1.82, 2.24) is 0 Å². The number of hydrogen-bond donors (Lipinski definition) is 1. The van der Waals surface area contributed by atoms with Crippen LogP contribution in [0.15, 0.2) is 40.9 Å². The smallest absolute Gasteiger partial charge is 0.137 e. The molecule has 0 fully saturated rings. The van der Waals surface area contributed by atoms with Crippen LogP contribution in [0.1, 0.15) is 29.7 Å². The fourth-order valence-corrected chi connectivity index (χ4v) is 2.36. The van der Waals surface area contributed by atoms with E-state index in [4.69, 9.17) is 10.5 Å². The molecule has 1 atom stereocenters. The largest absolute Gasteiger partial charge is 0.489 e. The highest BCUT2D eigenvalue weighted by Gasteiger charge is 2.09. The van der Waals surface area contributed by atoms with Crippen molar-refractivity contribution in [2.75, 3.05) is 0 Å². The summed E-state index contributed by atoms with van der Waals surface area (Å²) < 4.78 is 19.5. The van der Waals surface area contributed by atoms with Crippen LogP contribution in [0.2, 0.25) is 0 Å². The van der Waals surface area contributed by atoms with Gasteiger partial charge in [0.05, 0.1) is 4.47 Å². The first-order valence-electron chi connectivity index (χ1n) is 6.40. The third kappa shape index (κ3) is 3.58. The molecule has 0 heterocycles. The molecule has 2 aromatic rings. The molecule has 2 nitrogen and oxygen atoms in total. The molecule has 0 aliphatic heterocycles. The molecule has 2 rings (SSSR count).